The van der Waals surface area contributed by atoms with Crippen LogP contribution in [0.2, 0.25) is 0 Å². The maximum absolute atomic E-state index is 13.2. The van der Waals surface area contributed by atoms with Crippen LogP contribution in [0, 0.1) is 23.5 Å². The van der Waals surface area contributed by atoms with Gasteiger partial charge in [-0.1, -0.05) is 13.8 Å². The quantitative estimate of drug-likeness (QED) is 0.875. The molecule has 19 heavy (non-hydrogen) atoms. The maximum Gasteiger partial charge on any atom is 0.126 e. The van der Waals surface area contributed by atoms with Gasteiger partial charge < -0.3 is 5.11 Å². The predicted octanol–water partition coefficient (Wildman–Crippen LogP) is 4.08. The zero-order valence-electron chi connectivity index (χ0n) is 11.6. The van der Waals surface area contributed by atoms with Gasteiger partial charge >= 0.3 is 0 Å². The standard InChI is InChI=1S/C16H22F2O/c1-11(2)13-3-5-16(19,6-4-13)10-12-7-14(17)9-15(18)8-12/h7-9,11,13,19H,3-6,10H2,1-2H3. The van der Waals surface area contributed by atoms with Crippen LogP contribution in [0.5, 0.6) is 0 Å². The molecule has 0 atom stereocenters. The van der Waals surface area contributed by atoms with Gasteiger partial charge in [-0.3, -0.25) is 0 Å². The molecule has 1 aromatic carbocycles. The second-order valence-corrected chi connectivity index (χ2v) is 6.26. The fraction of sp³-hybridized carbons (Fsp3) is 0.625. The third kappa shape index (κ3) is 3.75. The largest absolute Gasteiger partial charge is 0.390 e. The number of benzene rings is 1. The van der Waals surface area contributed by atoms with Crippen molar-refractivity contribution >= 4 is 0 Å². The van der Waals surface area contributed by atoms with E-state index in [2.05, 4.69) is 13.8 Å². The average molecular weight is 268 g/mol. The third-order valence-electron chi connectivity index (χ3n) is 4.36. The summed E-state index contributed by atoms with van der Waals surface area (Å²) < 4.78 is 26.3. The summed E-state index contributed by atoms with van der Waals surface area (Å²) in [7, 11) is 0. The zero-order valence-corrected chi connectivity index (χ0v) is 11.6. The van der Waals surface area contributed by atoms with E-state index in [1.165, 1.54) is 12.1 Å². The van der Waals surface area contributed by atoms with Crippen LogP contribution in [-0.2, 0) is 6.42 Å². The van der Waals surface area contributed by atoms with Crippen LogP contribution in [0.3, 0.4) is 0 Å². The summed E-state index contributed by atoms with van der Waals surface area (Å²) in [5.41, 5.74) is -0.256. The summed E-state index contributed by atoms with van der Waals surface area (Å²) in [6, 6.07) is 3.49. The molecule has 0 spiro atoms. The van der Waals surface area contributed by atoms with Crippen molar-refractivity contribution in [2.75, 3.05) is 0 Å². The minimum absolute atomic E-state index is 0.340. The van der Waals surface area contributed by atoms with Gasteiger partial charge in [0.2, 0.25) is 0 Å². The molecule has 1 fully saturated rings. The molecule has 0 saturated heterocycles. The van der Waals surface area contributed by atoms with Gasteiger partial charge in [0, 0.05) is 12.5 Å². The van der Waals surface area contributed by atoms with E-state index in [0.717, 1.165) is 18.9 Å². The minimum Gasteiger partial charge on any atom is -0.390 e. The Balaban J connectivity index is 2.02. The lowest BCUT2D eigenvalue weighted by Gasteiger charge is -2.37. The summed E-state index contributed by atoms with van der Waals surface area (Å²) >= 11 is 0. The normalized spacial score (nSPS) is 27.8. The van der Waals surface area contributed by atoms with E-state index in [1.807, 2.05) is 0 Å². The van der Waals surface area contributed by atoms with Gasteiger partial charge in [0.05, 0.1) is 5.60 Å². The van der Waals surface area contributed by atoms with Crippen molar-refractivity contribution in [2.45, 2.75) is 51.6 Å². The van der Waals surface area contributed by atoms with Crippen LogP contribution in [-0.4, -0.2) is 10.7 Å². The monoisotopic (exact) mass is 268 g/mol. The van der Waals surface area contributed by atoms with E-state index >= 15 is 0 Å². The zero-order chi connectivity index (χ0) is 14.0. The molecule has 106 valence electrons. The van der Waals surface area contributed by atoms with Crippen LogP contribution >= 0.6 is 0 Å². The van der Waals surface area contributed by atoms with Gasteiger partial charge in [0.25, 0.3) is 0 Å². The first kappa shape index (κ1) is 14.4. The minimum atomic E-state index is -0.800. The first-order valence-electron chi connectivity index (χ1n) is 7.05. The lowest BCUT2D eigenvalue weighted by atomic mass is 9.72. The predicted molar refractivity (Wildman–Crippen MR) is 71.8 cm³/mol. The van der Waals surface area contributed by atoms with Crippen molar-refractivity contribution in [3.8, 4) is 0 Å². The summed E-state index contributed by atoms with van der Waals surface area (Å²) in [6.45, 7) is 4.41. The van der Waals surface area contributed by atoms with Crippen LogP contribution < -0.4 is 0 Å². The Morgan fingerprint density at radius 3 is 2.16 bits per heavy atom. The second kappa shape index (κ2) is 5.58. The Morgan fingerprint density at radius 2 is 1.68 bits per heavy atom. The molecule has 0 radical (unpaired) electrons. The summed E-state index contributed by atoms with van der Waals surface area (Å²) in [4.78, 5) is 0. The van der Waals surface area contributed by atoms with Gasteiger partial charge in [-0.2, -0.15) is 0 Å². The highest BCUT2D eigenvalue weighted by Gasteiger charge is 2.34. The Hall–Kier alpha value is -0.960. The van der Waals surface area contributed by atoms with E-state index < -0.39 is 17.2 Å². The van der Waals surface area contributed by atoms with Gasteiger partial charge in [-0.05, 0) is 55.2 Å². The molecule has 2 rings (SSSR count). The highest BCUT2D eigenvalue weighted by Crippen LogP contribution is 2.37. The van der Waals surface area contributed by atoms with Gasteiger partial charge in [-0.15, -0.1) is 0 Å². The summed E-state index contributed by atoms with van der Waals surface area (Å²) in [6.07, 6.45) is 3.76. The summed E-state index contributed by atoms with van der Waals surface area (Å²) in [5.74, 6) is 0.143. The molecule has 1 saturated carbocycles. The van der Waals surface area contributed by atoms with Crippen LogP contribution in [0.25, 0.3) is 0 Å². The topological polar surface area (TPSA) is 20.2 Å². The Kier molecular flexibility index (Phi) is 4.24. The molecule has 0 aliphatic heterocycles. The number of hydrogen-bond donors (Lipinski definition) is 1. The fourth-order valence-corrected chi connectivity index (χ4v) is 3.11. The Bertz CT molecular complexity index is 414. The SMILES string of the molecule is CC(C)C1CCC(O)(Cc2cc(F)cc(F)c2)CC1. The van der Waals surface area contributed by atoms with Crippen LogP contribution in [0.15, 0.2) is 18.2 Å². The van der Waals surface area contributed by atoms with Crippen molar-refractivity contribution < 1.29 is 13.9 Å². The van der Waals surface area contributed by atoms with Gasteiger partial charge in [0.15, 0.2) is 0 Å². The Labute approximate surface area is 113 Å². The van der Waals surface area contributed by atoms with Crippen molar-refractivity contribution in [3.05, 3.63) is 35.4 Å². The van der Waals surface area contributed by atoms with Crippen LogP contribution in [0.1, 0.15) is 45.1 Å². The van der Waals surface area contributed by atoms with Gasteiger partial charge in [0.1, 0.15) is 11.6 Å². The third-order valence-corrected chi connectivity index (χ3v) is 4.36. The van der Waals surface area contributed by atoms with E-state index in [-0.39, 0.29) is 0 Å². The maximum atomic E-state index is 13.2. The molecule has 1 N–H and O–H groups in total. The lowest BCUT2D eigenvalue weighted by Crippen LogP contribution is -2.37. The lowest BCUT2D eigenvalue weighted by molar-refractivity contribution is -0.0147. The number of hydrogen-bond acceptors (Lipinski definition) is 1. The van der Waals surface area contributed by atoms with Crippen molar-refractivity contribution in [2.24, 2.45) is 11.8 Å². The molecule has 0 bridgehead atoms. The molecule has 3 heteroatoms. The fourth-order valence-electron chi connectivity index (χ4n) is 3.11. The molecule has 0 heterocycles. The summed E-state index contributed by atoms with van der Waals surface area (Å²) in [5, 5.41) is 10.6. The van der Waals surface area contributed by atoms with E-state index in [0.29, 0.717) is 36.7 Å². The Morgan fingerprint density at radius 1 is 1.16 bits per heavy atom. The molecule has 0 aromatic heterocycles. The number of rotatable bonds is 3. The number of halogens is 2. The molecule has 0 amide bonds. The molecular weight excluding hydrogens is 246 g/mol. The van der Waals surface area contributed by atoms with Crippen molar-refractivity contribution in [1.82, 2.24) is 0 Å². The molecule has 0 unspecified atom stereocenters. The highest BCUT2D eigenvalue weighted by molar-refractivity contribution is 5.20. The highest BCUT2D eigenvalue weighted by atomic mass is 19.1. The first-order chi connectivity index (χ1) is 8.88. The van der Waals surface area contributed by atoms with Crippen LogP contribution in [0.4, 0.5) is 8.78 Å². The first-order valence-corrected chi connectivity index (χ1v) is 7.05. The molecule has 1 aliphatic carbocycles. The smallest absolute Gasteiger partial charge is 0.126 e. The molecular formula is C16H22F2O. The second-order valence-electron chi connectivity index (χ2n) is 6.26. The van der Waals surface area contributed by atoms with E-state index in [9.17, 15) is 13.9 Å². The molecule has 1 nitrogen and oxygen atoms in total. The van der Waals surface area contributed by atoms with Crippen molar-refractivity contribution in [3.63, 3.8) is 0 Å². The van der Waals surface area contributed by atoms with E-state index in [4.69, 9.17) is 0 Å². The van der Waals surface area contributed by atoms with Crippen molar-refractivity contribution in [1.29, 1.82) is 0 Å². The van der Waals surface area contributed by atoms with E-state index in [1.54, 1.807) is 0 Å². The molecule has 1 aromatic rings. The number of aliphatic hydroxyl groups is 1. The van der Waals surface area contributed by atoms with Gasteiger partial charge in [-0.25, -0.2) is 8.78 Å². The average Bonchev–Trinajstić information content (AvgIpc) is 2.27. The molecule has 1 aliphatic rings.